The summed E-state index contributed by atoms with van der Waals surface area (Å²) in [4.78, 5) is 5.36. The van der Waals surface area contributed by atoms with Gasteiger partial charge < -0.3 is 4.90 Å². The van der Waals surface area contributed by atoms with Gasteiger partial charge in [0.05, 0.1) is 0 Å². The third-order valence-electron chi connectivity index (χ3n) is 5.48. The molecule has 118 valence electrons. The van der Waals surface area contributed by atoms with Crippen molar-refractivity contribution in [1.29, 1.82) is 0 Å². The third-order valence-corrected chi connectivity index (χ3v) is 6.67. The zero-order valence-corrected chi connectivity index (χ0v) is 15.1. The van der Waals surface area contributed by atoms with Gasteiger partial charge in [-0.05, 0) is 51.2 Å². The lowest BCUT2D eigenvalue weighted by Crippen LogP contribution is -2.46. The molecule has 0 amide bonds. The maximum Gasteiger partial charge on any atom is 0.0220 e. The Morgan fingerprint density at radius 1 is 1.05 bits per heavy atom. The lowest BCUT2D eigenvalue weighted by Gasteiger charge is -2.40. The van der Waals surface area contributed by atoms with Gasteiger partial charge in [0.25, 0.3) is 0 Å². The second kappa shape index (κ2) is 8.14. The largest absolute Gasteiger partial charge is 0.305 e. The van der Waals surface area contributed by atoms with Crippen molar-refractivity contribution in [2.75, 3.05) is 38.6 Å². The second-order valence-electron chi connectivity index (χ2n) is 7.20. The van der Waals surface area contributed by atoms with Crippen molar-refractivity contribution in [2.45, 2.75) is 64.3 Å². The van der Waals surface area contributed by atoms with Crippen LogP contribution in [0.1, 0.15) is 58.3 Å². The molecule has 1 saturated heterocycles. The number of halogens is 1. The molecule has 1 atom stereocenters. The van der Waals surface area contributed by atoms with Gasteiger partial charge in [0.15, 0.2) is 0 Å². The first-order valence-electron chi connectivity index (χ1n) is 8.68. The molecule has 3 heteroatoms. The molecule has 0 aromatic rings. The van der Waals surface area contributed by atoms with Crippen molar-refractivity contribution in [3.05, 3.63) is 0 Å². The van der Waals surface area contributed by atoms with E-state index in [0.717, 1.165) is 6.04 Å². The molecule has 20 heavy (non-hydrogen) atoms. The molecule has 1 saturated carbocycles. The molecule has 1 aliphatic carbocycles. The highest BCUT2D eigenvalue weighted by molar-refractivity contribution is 9.09. The van der Waals surface area contributed by atoms with Crippen molar-refractivity contribution < 1.29 is 0 Å². The Kier molecular flexibility index (Phi) is 6.83. The van der Waals surface area contributed by atoms with Gasteiger partial charge in [-0.25, -0.2) is 0 Å². The zero-order valence-electron chi connectivity index (χ0n) is 13.5. The molecular weight excluding hydrogens is 312 g/mol. The van der Waals surface area contributed by atoms with E-state index in [1.165, 1.54) is 82.9 Å². The van der Waals surface area contributed by atoms with Crippen molar-refractivity contribution in [1.82, 2.24) is 9.80 Å². The highest BCUT2D eigenvalue weighted by atomic mass is 79.9. The number of rotatable bonds is 4. The van der Waals surface area contributed by atoms with Crippen LogP contribution < -0.4 is 0 Å². The first-order valence-corrected chi connectivity index (χ1v) is 9.80. The molecule has 0 aromatic heterocycles. The molecular formula is C17H33BrN2. The highest BCUT2D eigenvalue weighted by Gasteiger charge is 2.34. The van der Waals surface area contributed by atoms with Crippen LogP contribution in [0, 0.1) is 5.41 Å². The lowest BCUT2D eigenvalue weighted by molar-refractivity contribution is 0.107. The summed E-state index contributed by atoms with van der Waals surface area (Å²) < 4.78 is 0. The monoisotopic (exact) mass is 344 g/mol. The van der Waals surface area contributed by atoms with E-state index in [4.69, 9.17) is 0 Å². The quantitative estimate of drug-likeness (QED) is 0.558. The van der Waals surface area contributed by atoms with Crippen LogP contribution in [-0.2, 0) is 0 Å². The van der Waals surface area contributed by atoms with Gasteiger partial charge in [-0.1, -0.05) is 48.5 Å². The predicted molar refractivity (Wildman–Crippen MR) is 91.7 cm³/mol. The maximum absolute atomic E-state index is 3.87. The minimum Gasteiger partial charge on any atom is -0.305 e. The molecule has 0 radical (unpaired) electrons. The SMILES string of the molecule is CCC1CN(C)CCCN1CC1(CBr)CCCCCC1. The van der Waals surface area contributed by atoms with Crippen LogP contribution in [0.5, 0.6) is 0 Å². The van der Waals surface area contributed by atoms with Gasteiger partial charge in [0, 0.05) is 24.5 Å². The summed E-state index contributed by atoms with van der Waals surface area (Å²) in [5.74, 6) is 0. The molecule has 0 aromatic carbocycles. The Bertz CT molecular complexity index is 274. The topological polar surface area (TPSA) is 6.48 Å². The average Bonchev–Trinajstić information content (AvgIpc) is 2.78. The Balaban J connectivity index is 2.03. The summed E-state index contributed by atoms with van der Waals surface area (Å²) in [6.07, 6.45) is 11.3. The molecule has 2 fully saturated rings. The standard InChI is InChI=1S/C17H33BrN2/c1-3-16-13-19(2)11-8-12-20(16)15-17(14-18)9-6-4-5-7-10-17/h16H,3-15H2,1-2H3. The zero-order chi connectivity index (χ0) is 14.4. The Morgan fingerprint density at radius 3 is 2.35 bits per heavy atom. The van der Waals surface area contributed by atoms with Crippen LogP contribution in [0.25, 0.3) is 0 Å². The van der Waals surface area contributed by atoms with Crippen molar-refractivity contribution in [3.8, 4) is 0 Å². The van der Waals surface area contributed by atoms with Crippen LogP contribution in [0.3, 0.4) is 0 Å². The summed E-state index contributed by atoms with van der Waals surface area (Å²) >= 11 is 3.87. The van der Waals surface area contributed by atoms with Gasteiger partial charge >= 0.3 is 0 Å². The third kappa shape index (κ3) is 4.45. The number of hydrogen-bond acceptors (Lipinski definition) is 2. The maximum atomic E-state index is 3.87. The lowest BCUT2D eigenvalue weighted by atomic mass is 9.81. The summed E-state index contributed by atoms with van der Waals surface area (Å²) in [5.41, 5.74) is 0.548. The minimum absolute atomic E-state index is 0.548. The number of hydrogen-bond donors (Lipinski definition) is 0. The van der Waals surface area contributed by atoms with E-state index in [1.54, 1.807) is 0 Å². The molecule has 1 unspecified atom stereocenters. The van der Waals surface area contributed by atoms with E-state index in [0.29, 0.717) is 5.41 Å². The fraction of sp³-hybridized carbons (Fsp3) is 1.00. The van der Waals surface area contributed by atoms with E-state index in [9.17, 15) is 0 Å². The summed E-state index contributed by atoms with van der Waals surface area (Å²) in [7, 11) is 2.29. The number of nitrogens with zero attached hydrogens (tertiary/aromatic N) is 2. The van der Waals surface area contributed by atoms with E-state index in [1.807, 2.05) is 0 Å². The van der Waals surface area contributed by atoms with Crippen LogP contribution in [0.2, 0.25) is 0 Å². The summed E-state index contributed by atoms with van der Waals surface area (Å²) in [5, 5.41) is 1.20. The average molecular weight is 345 g/mol. The van der Waals surface area contributed by atoms with Gasteiger partial charge in [-0.15, -0.1) is 0 Å². The summed E-state index contributed by atoms with van der Waals surface area (Å²) in [6, 6.07) is 0.765. The van der Waals surface area contributed by atoms with E-state index < -0.39 is 0 Å². The molecule has 1 heterocycles. The minimum atomic E-state index is 0.548. The fourth-order valence-corrected chi connectivity index (χ4v) is 4.87. The number of alkyl halides is 1. The van der Waals surface area contributed by atoms with E-state index in [2.05, 4.69) is 39.7 Å². The van der Waals surface area contributed by atoms with Gasteiger partial charge in [-0.2, -0.15) is 0 Å². The van der Waals surface area contributed by atoms with Crippen molar-refractivity contribution >= 4 is 15.9 Å². The van der Waals surface area contributed by atoms with Crippen molar-refractivity contribution in [2.24, 2.45) is 5.41 Å². The van der Waals surface area contributed by atoms with Gasteiger partial charge in [0.2, 0.25) is 0 Å². The molecule has 2 rings (SSSR count). The van der Waals surface area contributed by atoms with Gasteiger partial charge in [-0.3, -0.25) is 4.90 Å². The molecule has 1 aliphatic heterocycles. The predicted octanol–water partition coefficient (Wildman–Crippen LogP) is 4.14. The molecule has 2 nitrogen and oxygen atoms in total. The fourth-order valence-electron chi connectivity index (χ4n) is 4.13. The highest BCUT2D eigenvalue weighted by Crippen LogP contribution is 2.38. The molecule has 2 aliphatic rings. The van der Waals surface area contributed by atoms with E-state index in [-0.39, 0.29) is 0 Å². The molecule has 0 spiro atoms. The smallest absolute Gasteiger partial charge is 0.0220 e. The Morgan fingerprint density at radius 2 is 1.75 bits per heavy atom. The normalized spacial score (nSPS) is 29.9. The van der Waals surface area contributed by atoms with Crippen LogP contribution >= 0.6 is 15.9 Å². The Hall–Kier alpha value is 0.400. The van der Waals surface area contributed by atoms with E-state index >= 15 is 0 Å². The molecule has 0 N–H and O–H groups in total. The summed E-state index contributed by atoms with van der Waals surface area (Å²) in [6.45, 7) is 7.52. The molecule has 0 bridgehead atoms. The van der Waals surface area contributed by atoms with Crippen LogP contribution in [0.15, 0.2) is 0 Å². The van der Waals surface area contributed by atoms with Gasteiger partial charge in [0.1, 0.15) is 0 Å². The first-order chi connectivity index (χ1) is 9.69. The van der Waals surface area contributed by atoms with Crippen molar-refractivity contribution in [3.63, 3.8) is 0 Å². The second-order valence-corrected chi connectivity index (χ2v) is 7.76. The van der Waals surface area contributed by atoms with Crippen LogP contribution in [0.4, 0.5) is 0 Å². The van der Waals surface area contributed by atoms with Crippen LogP contribution in [-0.4, -0.2) is 54.4 Å². The first kappa shape index (κ1) is 16.8. The number of likely N-dealkylation sites (N-methyl/N-ethyl adjacent to an activating group) is 1. The Labute approximate surface area is 134 Å².